The van der Waals surface area contributed by atoms with Crippen LogP contribution in [-0.2, 0) is 9.53 Å². The van der Waals surface area contributed by atoms with E-state index in [1.165, 1.54) is 32.2 Å². The van der Waals surface area contributed by atoms with E-state index in [-0.39, 0.29) is 18.6 Å². The topological polar surface area (TPSA) is 69.2 Å². The number of rotatable bonds is 7. The Labute approximate surface area is 163 Å². The normalized spacial score (nSPS) is 27.3. The molecule has 3 fully saturated rings. The van der Waals surface area contributed by atoms with Crippen molar-refractivity contribution in [1.29, 1.82) is 0 Å². The SMILES string of the molecule is CN(C)C(=O)CN=C(NCC1CCCO1)NC1CCN(CC2CCCC2)C1. The maximum absolute atomic E-state index is 11.9. The first kappa shape index (κ1) is 20.4. The van der Waals surface area contributed by atoms with Gasteiger partial charge in [0.1, 0.15) is 6.54 Å². The molecule has 0 spiro atoms. The summed E-state index contributed by atoms with van der Waals surface area (Å²) in [5, 5.41) is 6.96. The second-order valence-electron chi connectivity index (χ2n) is 8.51. The van der Waals surface area contributed by atoms with Gasteiger partial charge < -0.3 is 25.2 Å². The van der Waals surface area contributed by atoms with Crippen LogP contribution in [0.4, 0.5) is 0 Å². The lowest BCUT2D eigenvalue weighted by Crippen LogP contribution is -2.47. The lowest BCUT2D eigenvalue weighted by molar-refractivity contribution is -0.127. The first-order valence-electron chi connectivity index (χ1n) is 10.7. The van der Waals surface area contributed by atoms with Crippen LogP contribution >= 0.6 is 0 Å². The molecule has 0 aromatic carbocycles. The van der Waals surface area contributed by atoms with Crippen molar-refractivity contribution in [1.82, 2.24) is 20.4 Å². The second-order valence-corrected chi connectivity index (χ2v) is 8.51. The minimum absolute atomic E-state index is 0.0162. The van der Waals surface area contributed by atoms with Gasteiger partial charge in [-0.1, -0.05) is 12.8 Å². The third kappa shape index (κ3) is 6.64. The summed E-state index contributed by atoms with van der Waals surface area (Å²) in [7, 11) is 3.53. The summed E-state index contributed by atoms with van der Waals surface area (Å²) in [6.45, 7) is 5.24. The molecule has 0 bridgehead atoms. The lowest BCUT2D eigenvalue weighted by atomic mass is 10.1. The predicted molar refractivity (Wildman–Crippen MR) is 108 cm³/mol. The predicted octanol–water partition coefficient (Wildman–Crippen LogP) is 1.05. The molecule has 154 valence electrons. The number of nitrogens with one attached hydrogen (secondary N) is 2. The number of carbonyl (C=O) groups excluding carboxylic acids is 1. The highest BCUT2D eigenvalue weighted by Crippen LogP contribution is 2.26. The molecule has 1 saturated carbocycles. The molecule has 0 aromatic rings. The van der Waals surface area contributed by atoms with Crippen LogP contribution in [0, 0.1) is 5.92 Å². The number of nitrogens with zero attached hydrogens (tertiary/aromatic N) is 3. The van der Waals surface area contributed by atoms with Gasteiger partial charge in [-0.05, 0) is 38.0 Å². The van der Waals surface area contributed by atoms with Crippen molar-refractivity contribution < 1.29 is 9.53 Å². The molecule has 1 aliphatic carbocycles. The van der Waals surface area contributed by atoms with E-state index in [1.807, 2.05) is 0 Å². The number of ether oxygens (including phenoxy) is 1. The van der Waals surface area contributed by atoms with Crippen LogP contribution in [0.2, 0.25) is 0 Å². The van der Waals surface area contributed by atoms with Crippen LogP contribution in [0.1, 0.15) is 44.9 Å². The molecule has 27 heavy (non-hydrogen) atoms. The monoisotopic (exact) mass is 379 g/mol. The molecule has 7 heteroatoms. The summed E-state index contributed by atoms with van der Waals surface area (Å²) in [6.07, 6.45) is 9.22. The van der Waals surface area contributed by atoms with Crippen molar-refractivity contribution in [3.63, 3.8) is 0 Å². The molecular formula is C20H37N5O2. The summed E-state index contributed by atoms with van der Waals surface area (Å²) in [6, 6.07) is 0.400. The molecule has 2 unspecified atom stereocenters. The summed E-state index contributed by atoms with van der Waals surface area (Å²) >= 11 is 0. The largest absolute Gasteiger partial charge is 0.376 e. The lowest BCUT2D eigenvalue weighted by Gasteiger charge is -2.22. The zero-order valence-corrected chi connectivity index (χ0v) is 17.1. The van der Waals surface area contributed by atoms with Crippen LogP contribution in [-0.4, -0.2) is 87.2 Å². The minimum Gasteiger partial charge on any atom is -0.376 e. The highest BCUT2D eigenvalue weighted by atomic mass is 16.5. The first-order chi connectivity index (χ1) is 13.1. The van der Waals surface area contributed by atoms with Gasteiger partial charge in [0.05, 0.1) is 6.10 Å². The van der Waals surface area contributed by atoms with E-state index in [0.29, 0.717) is 6.04 Å². The number of likely N-dealkylation sites (N-methyl/N-ethyl adjacent to an activating group) is 1. The molecule has 2 N–H and O–H groups in total. The van der Waals surface area contributed by atoms with E-state index in [1.54, 1.807) is 19.0 Å². The van der Waals surface area contributed by atoms with Crippen molar-refractivity contribution in [3.8, 4) is 0 Å². The molecule has 3 rings (SSSR count). The number of aliphatic imine (C=N–C) groups is 1. The zero-order chi connectivity index (χ0) is 19.1. The van der Waals surface area contributed by atoms with Crippen molar-refractivity contribution in [2.24, 2.45) is 10.9 Å². The Morgan fingerprint density at radius 3 is 2.70 bits per heavy atom. The Morgan fingerprint density at radius 2 is 2.00 bits per heavy atom. The third-order valence-corrected chi connectivity index (χ3v) is 6.00. The third-order valence-electron chi connectivity index (χ3n) is 6.00. The van der Waals surface area contributed by atoms with Gasteiger partial charge in [-0.25, -0.2) is 4.99 Å². The summed E-state index contributed by atoms with van der Waals surface area (Å²) < 4.78 is 5.70. The molecule has 7 nitrogen and oxygen atoms in total. The average molecular weight is 380 g/mol. The van der Waals surface area contributed by atoms with Gasteiger partial charge >= 0.3 is 0 Å². The molecule has 0 aromatic heterocycles. The van der Waals surface area contributed by atoms with Crippen LogP contribution in [0.3, 0.4) is 0 Å². The standard InChI is InChI=1S/C20H37N5O2/c1-24(2)19(26)13-22-20(21-12-18-8-5-11-27-18)23-17-9-10-25(15-17)14-16-6-3-4-7-16/h16-18H,3-15H2,1-2H3,(H2,21,22,23). The zero-order valence-electron chi connectivity index (χ0n) is 17.1. The smallest absolute Gasteiger partial charge is 0.243 e. The maximum Gasteiger partial charge on any atom is 0.243 e. The van der Waals surface area contributed by atoms with Gasteiger partial charge in [0.15, 0.2) is 5.96 Å². The van der Waals surface area contributed by atoms with Crippen LogP contribution in [0.5, 0.6) is 0 Å². The maximum atomic E-state index is 11.9. The second kappa shape index (κ2) is 10.3. The number of hydrogen-bond acceptors (Lipinski definition) is 4. The molecule has 2 heterocycles. The van der Waals surface area contributed by atoms with Gasteiger partial charge in [-0.3, -0.25) is 4.79 Å². The van der Waals surface area contributed by atoms with E-state index < -0.39 is 0 Å². The Hall–Kier alpha value is -1.34. The van der Waals surface area contributed by atoms with Gasteiger partial charge in [-0.15, -0.1) is 0 Å². The number of amides is 1. The Balaban J connectivity index is 1.48. The van der Waals surface area contributed by atoms with Gasteiger partial charge in [-0.2, -0.15) is 0 Å². The molecule has 2 atom stereocenters. The Kier molecular flexibility index (Phi) is 7.76. The fourth-order valence-electron chi connectivity index (χ4n) is 4.32. The fourth-order valence-corrected chi connectivity index (χ4v) is 4.32. The molecule has 2 saturated heterocycles. The van der Waals surface area contributed by atoms with Crippen molar-refractivity contribution in [3.05, 3.63) is 0 Å². The summed E-state index contributed by atoms with van der Waals surface area (Å²) in [5.41, 5.74) is 0. The number of guanidine groups is 1. The minimum atomic E-state index is 0.0162. The summed E-state index contributed by atoms with van der Waals surface area (Å²) in [4.78, 5) is 20.6. The van der Waals surface area contributed by atoms with E-state index in [0.717, 1.165) is 57.4 Å². The fraction of sp³-hybridized carbons (Fsp3) is 0.900. The van der Waals surface area contributed by atoms with Crippen LogP contribution in [0.25, 0.3) is 0 Å². The van der Waals surface area contributed by atoms with E-state index in [2.05, 4.69) is 20.5 Å². The molecular weight excluding hydrogens is 342 g/mol. The van der Waals surface area contributed by atoms with Gasteiger partial charge in [0.2, 0.25) is 5.91 Å². The van der Waals surface area contributed by atoms with E-state index >= 15 is 0 Å². The average Bonchev–Trinajstić information content (AvgIpc) is 3.40. The van der Waals surface area contributed by atoms with Crippen molar-refractivity contribution in [2.75, 3.05) is 53.4 Å². The Morgan fingerprint density at radius 1 is 1.19 bits per heavy atom. The highest BCUT2D eigenvalue weighted by Gasteiger charge is 2.27. The first-order valence-corrected chi connectivity index (χ1v) is 10.7. The van der Waals surface area contributed by atoms with Crippen LogP contribution < -0.4 is 10.6 Å². The van der Waals surface area contributed by atoms with Crippen LogP contribution in [0.15, 0.2) is 4.99 Å². The number of hydrogen-bond donors (Lipinski definition) is 2. The quantitative estimate of drug-likeness (QED) is 0.511. The van der Waals surface area contributed by atoms with E-state index in [4.69, 9.17) is 4.74 Å². The molecule has 0 radical (unpaired) electrons. The molecule has 2 aliphatic heterocycles. The number of carbonyl (C=O) groups is 1. The molecule has 3 aliphatic rings. The summed E-state index contributed by atoms with van der Waals surface area (Å²) in [5.74, 6) is 1.66. The van der Waals surface area contributed by atoms with Crippen molar-refractivity contribution in [2.45, 2.75) is 57.1 Å². The van der Waals surface area contributed by atoms with E-state index in [9.17, 15) is 4.79 Å². The van der Waals surface area contributed by atoms with Gasteiger partial charge in [0, 0.05) is 52.9 Å². The highest BCUT2D eigenvalue weighted by molar-refractivity contribution is 5.85. The number of likely N-dealkylation sites (tertiary alicyclic amines) is 1. The van der Waals surface area contributed by atoms with Gasteiger partial charge in [0.25, 0.3) is 0 Å². The van der Waals surface area contributed by atoms with Crippen molar-refractivity contribution >= 4 is 11.9 Å². The Bertz CT molecular complexity index is 499. The molecule has 1 amide bonds.